The van der Waals surface area contributed by atoms with E-state index in [0.717, 1.165) is 27.6 Å². The molecule has 0 radical (unpaired) electrons. The topological polar surface area (TPSA) is 92.0 Å². The number of carbonyl (C=O) groups excluding carboxylic acids is 1. The number of rotatable bonds is 6. The third kappa shape index (κ3) is 4.14. The van der Waals surface area contributed by atoms with Crippen molar-refractivity contribution in [2.75, 3.05) is 14.2 Å². The summed E-state index contributed by atoms with van der Waals surface area (Å²) in [4.78, 5) is 17.7. The Morgan fingerprint density at radius 1 is 1.10 bits per heavy atom. The highest BCUT2D eigenvalue weighted by Crippen LogP contribution is 2.25. The van der Waals surface area contributed by atoms with Gasteiger partial charge in [-0.3, -0.25) is 0 Å². The van der Waals surface area contributed by atoms with Crippen molar-refractivity contribution in [1.29, 1.82) is 0 Å². The molecule has 0 spiro atoms. The Morgan fingerprint density at radius 3 is 2.69 bits per heavy atom. The number of ether oxygens (including phenoxy) is 2. The van der Waals surface area contributed by atoms with E-state index in [9.17, 15) is 4.79 Å². The smallest absolute Gasteiger partial charge is 0.337 e. The number of aromatic nitrogens is 5. The van der Waals surface area contributed by atoms with Gasteiger partial charge in [0.15, 0.2) is 0 Å². The molecule has 0 unspecified atom stereocenters. The lowest BCUT2D eigenvalue weighted by molar-refractivity contribution is 0.0601. The number of methoxy groups -OCH3 is 2. The van der Waals surface area contributed by atoms with Gasteiger partial charge < -0.3 is 9.47 Å². The van der Waals surface area contributed by atoms with Crippen LogP contribution >= 0.6 is 11.3 Å². The van der Waals surface area contributed by atoms with Crippen LogP contribution < -0.4 is 4.74 Å². The van der Waals surface area contributed by atoms with E-state index in [4.69, 9.17) is 9.47 Å². The molecule has 0 saturated carbocycles. The van der Waals surface area contributed by atoms with E-state index in [1.165, 1.54) is 23.2 Å². The van der Waals surface area contributed by atoms with E-state index in [1.807, 2.05) is 41.8 Å². The monoisotopic (exact) mass is 407 g/mol. The van der Waals surface area contributed by atoms with Crippen molar-refractivity contribution >= 4 is 17.3 Å². The molecular weight excluding hydrogens is 390 g/mol. The lowest BCUT2D eigenvalue weighted by Gasteiger charge is -2.00. The summed E-state index contributed by atoms with van der Waals surface area (Å²) in [5, 5.41) is 15.5. The number of carbonyl (C=O) groups is 1. The zero-order valence-corrected chi connectivity index (χ0v) is 16.6. The summed E-state index contributed by atoms with van der Waals surface area (Å²) in [6.45, 7) is 0.410. The second kappa shape index (κ2) is 8.19. The molecule has 8 nitrogen and oxygen atoms in total. The Bertz CT molecular complexity index is 1140. The van der Waals surface area contributed by atoms with Crippen LogP contribution in [0.3, 0.4) is 0 Å². The van der Waals surface area contributed by atoms with Crippen LogP contribution in [0.2, 0.25) is 0 Å². The maximum atomic E-state index is 11.5. The highest BCUT2D eigenvalue weighted by atomic mass is 32.1. The van der Waals surface area contributed by atoms with Crippen LogP contribution in [0.25, 0.3) is 22.0 Å². The summed E-state index contributed by atoms with van der Waals surface area (Å²) >= 11 is 1.52. The molecule has 0 aliphatic heterocycles. The first-order chi connectivity index (χ1) is 14.2. The summed E-state index contributed by atoms with van der Waals surface area (Å²) in [5.74, 6) is 0.902. The summed E-state index contributed by atoms with van der Waals surface area (Å²) in [5.41, 5.74) is 3.10. The molecule has 2 aromatic carbocycles. The Balaban J connectivity index is 1.48. The van der Waals surface area contributed by atoms with Crippen molar-refractivity contribution in [2.24, 2.45) is 0 Å². The fourth-order valence-electron chi connectivity index (χ4n) is 2.71. The summed E-state index contributed by atoms with van der Waals surface area (Å²) in [6, 6.07) is 14.7. The average molecular weight is 407 g/mol. The molecule has 9 heteroatoms. The van der Waals surface area contributed by atoms with Gasteiger partial charge in [0.1, 0.15) is 17.3 Å². The van der Waals surface area contributed by atoms with Crippen molar-refractivity contribution in [3.63, 3.8) is 0 Å². The number of nitrogens with zero attached hydrogens (tertiary/aromatic N) is 5. The van der Waals surface area contributed by atoms with Gasteiger partial charge in [0.25, 0.3) is 0 Å². The first-order valence-electron chi connectivity index (χ1n) is 8.71. The minimum absolute atomic E-state index is 0.361. The normalized spacial score (nSPS) is 10.7. The van der Waals surface area contributed by atoms with Crippen LogP contribution in [0.4, 0.5) is 0 Å². The fourth-order valence-corrected chi connectivity index (χ4v) is 3.53. The largest absolute Gasteiger partial charge is 0.497 e. The molecule has 4 rings (SSSR count). The lowest BCUT2D eigenvalue weighted by atomic mass is 10.1. The second-order valence-corrected chi connectivity index (χ2v) is 6.95. The lowest BCUT2D eigenvalue weighted by Crippen LogP contribution is -2.04. The van der Waals surface area contributed by atoms with Crippen LogP contribution in [-0.2, 0) is 11.3 Å². The molecular formula is C20H17N5O3S. The molecule has 0 atom stereocenters. The standard InChI is InChI=1S/C20H17N5O3S/c1-27-17-5-3-4-15(10-17)18-22-24-25(23-18)11-16-12-29-19(21-16)13-6-8-14(9-7-13)20(26)28-2/h3-10,12H,11H2,1-2H3. The van der Waals surface area contributed by atoms with Gasteiger partial charge in [-0.2, -0.15) is 4.80 Å². The molecule has 0 bridgehead atoms. The van der Waals surface area contributed by atoms with E-state index in [1.54, 1.807) is 19.2 Å². The molecule has 2 heterocycles. The van der Waals surface area contributed by atoms with Gasteiger partial charge >= 0.3 is 5.97 Å². The number of hydrogen-bond donors (Lipinski definition) is 0. The molecule has 2 aromatic heterocycles. The number of benzene rings is 2. The molecule has 29 heavy (non-hydrogen) atoms. The van der Waals surface area contributed by atoms with Gasteiger partial charge in [-0.05, 0) is 29.5 Å². The van der Waals surface area contributed by atoms with Gasteiger partial charge in [0, 0.05) is 16.5 Å². The molecule has 146 valence electrons. The van der Waals surface area contributed by atoms with Gasteiger partial charge in [-0.15, -0.1) is 21.5 Å². The molecule has 0 fully saturated rings. The van der Waals surface area contributed by atoms with Crippen molar-refractivity contribution in [3.05, 3.63) is 65.2 Å². The highest BCUT2D eigenvalue weighted by Gasteiger charge is 2.11. The van der Waals surface area contributed by atoms with Gasteiger partial charge in [-0.1, -0.05) is 24.3 Å². The average Bonchev–Trinajstić information content (AvgIpc) is 3.43. The minimum Gasteiger partial charge on any atom is -0.497 e. The second-order valence-electron chi connectivity index (χ2n) is 6.09. The van der Waals surface area contributed by atoms with E-state index < -0.39 is 0 Å². The SMILES string of the molecule is COC(=O)c1ccc(-c2nc(Cn3nnc(-c4cccc(OC)c4)n3)cs2)cc1. The molecule has 0 saturated heterocycles. The van der Waals surface area contributed by atoms with E-state index in [0.29, 0.717) is 17.9 Å². The van der Waals surface area contributed by atoms with Crippen molar-refractivity contribution in [2.45, 2.75) is 6.54 Å². The number of hydrogen-bond acceptors (Lipinski definition) is 8. The van der Waals surface area contributed by atoms with Gasteiger partial charge in [0.05, 0.1) is 25.5 Å². The third-order valence-electron chi connectivity index (χ3n) is 4.19. The fraction of sp³-hybridized carbons (Fsp3) is 0.150. The molecule has 0 amide bonds. The van der Waals surface area contributed by atoms with Gasteiger partial charge in [0.2, 0.25) is 5.82 Å². The number of tetrazole rings is 1. The van der Waals surface area contributed by atoms with Crippen molar-refractivity contribution in [1.82, 2.24) is 25.2 Å². The Hall–Kier alpha value is -3.59. The van der Waals surface area contributed by atoms with Crippen molar-refractivity contribution < 1.29 is 14.3 Å². The molecule has 0 N–H and O–H groups in total. The predicted molar refractivity (Wildman–Crippen MR) is 108 cm³/mol. The molecule has 4 aromatic rings. The van der Waals surface area contributed by atoms with E-state index in [-0.39, 0.29) is 5.97 Å². The Labute approximate surface area is 170 Å². The van der Waals surface area contributed by atoms with Crippen LogP contribution in [-0.4, -0.2) is 45.4 Å². The van der Waals surface area contributed by atoms with E-state index >= 15 is 0 Å². The summed E-state index contributed by atoms with van der Waals surface area (Å²) in [6.07, 6.45) is 0. The zero-order chi connectivity index (χ0) is 20.2. The minimum atomic E-state index is -0.361. The predicted octanol–water partition coefficient (Wildman–Crippen LogP) is 3.31. The maximum Gasteiger partial charge on any atom is 0.337 e. The third-order valence-corrected chi connectivity index (χ3v) is 5.13. The first kappa shape index (κ1) is 18.8. The quantitative estimate of drug-likeness (QED) is 0.453. The maximum absolute atomic E-state index is 11.5. The van der Waals surface area contributed by atoms with Crippen LogP contribution in [0, 0.1) is 0 Å². The Kier molecular flexibility index (Phi) is 5.30. The van der Waals surface area contributed by atoms with Crippen LogP contribution in [0.15, 0.2) is 53.9 Å². The zero-order valence-electron chi connectivity index (χ0n) is 15.8. The highest BCUT2D eigenvalue weighted by molar-refractivity contribution is 7.13. The first-order valence-corrected chi connectivity index (χ1v) is 9.59. The number of thiazole rings is 1. The van der Waals surface area contributed by atoms with Crippen LogP contribution in [0.5, 0.6) is 5.75 Å². The Morgan fingerprint density at radius 2 is 1.93 bits per heavy atom. The summed E-state index contributed by atoms with van der Waals surface area (Å²) in [7, 11) is 2.98. The van der Waals surface area contributed by atoms with Crippen molar-refractivity contribution in [3.8, 4) is 27.7 Å². The van der Waals surface area contributed by atoms with E-state index in [2.05, 4.69) is 20.4 Å². The molecule has 0 aliphatic rings. The van der Waals surface area contributed by atoms with Gasteiger partial charge in [-0.25, -0.2) is 9.78 Å². The summed E-state index contributed by atoms with van der Waals surface area (Å²) < 4.78 is 9.95. The number of esters is 1. The molecule has 0 aliphatic carbocycles. The van der Waals surface area contributed by atoms with Crippen LogP contribution in [0.1, 0.15) is 16.1 Å².